The van der Waals surface area contributed by atoms with E-state index in [1.165, 1.54) is 38.3 Å². The van der Waals surface area contributed by atoms with Crippen LogP contribution in [-0.4, -0.2) is 68.1 Å². The molecule has 3 saturated heterocycles. The summed E-state index contributed by atoms with van der Waals surface area (Å²) in [5.74, 6) is 0.867. The summed E-state index contributed by atoms with van der Waals surface area (Å²) in [6.45, 7) is 9.12. The van der Waals surface area contributed by atoms with Crippen LogP contribution in [-0.2, 0) is 0 Å². The second-order valence-electron chi connectivity index (χ2n) is 6.33. The van der Waals surface area contributed by atoms with Crippen molar-refractivity contribution in [2.24, 2.45) is 4.99 Å². The van der Waals surface area contributed by atoms with E-state index in [-0.39, 0.29) is 6.04 Å². The van der Waals surface area contributed by atoms with Crippen LogP contribution in [0.25, 0.3) is 0 Å². The summed E-state index contributed by atoms with van der Waals surface area (Å²) in [5, 5.41) is 6.98. The highest BCUT2D eigenvalue weighted by molar-refractivity contribution is 9.10. The molecular weight excluding hydrogens is 354 g/mol. The molecule has 2 bridgehead atoms. The topological polar surface area (TPSA) is 42.9 Å². The summed E-state index contributed by atoms with van der Waals surface area (Å²) in [7, 11) is 1.83. The minimum Gasteiger partial charge on any atom is -0.355 e. The van der Waals surface area contributed by atoms with E-state index in [2.05, 4.69) is 66.5 Å². The van der Waals surface area contributed by atoms with Crippen LogP contribution in [0, 0.1) is 0 Å². The van der Waals surface area contributed by atoms with Crippen molar-refractivity contribution in [1.29, 1.82) is 0 Å². The molecule has 126 valence electrons. The van der Waals surface area contributed by atoms with Crippen LogP contribution in [0.1, 0.15) is 18.5 Å². The summed E-state index contributed by atoms with van der Waals surface area (Å²) in [6, 6.07) is 9.10. The lowest BCUT2D eigenvalue weighted by atomic mass is 10.1. The van der Waals surface area contributed by atoms with Gasteiger partial charge in [-0.15, -0.1) is 0 Å². The quantitative estimate of drug-likeness (QED) is 0.616. The van der Waals surface area contributed by atoms with E-state index in [0.29, 0.717) is 6.04 Å². The third-order valence-corrected chi connectivity index (χ3v) is 5.57. The fourth-order valence-corrected chi connectivity index (χ4v) is 4.06. The van der Waals surface area contributed by atoms with Gasteiger partial charge in [0.15, 0.2) is 5.96 Å². The molecule has 0 amide bonds. The first-order chi connectivity index (χ1) is 11.2. The van der Waals surface area contributed by atoms with E-state index < -0.39 is 0 Å². The highest BCUT2D eigenvalue weighted by Crippen LogP contribution is 2.22. The maximum atomic E-state index is 4.38. The molecule has 3 aliphatic heterocycles. The molecule has 3 fully saturated rings. The van der Waals surface area contributed by atoms with Gasteiger partial charge in [-0.25, -0.2) is 0 Å². The molecule has 6 heteroatoms. The molecule has 2 N–H and O–H groups in total. The number of nitrogens with zero attached hydrogens (tertiary/aromatic N) is 3. The standard InChI is InChI=1S/C17H26BrN5/c1-13(15-5-3-4-6-16(15)18)21-17(19-2)20-11-14-12-22-7-9-23(14)10-8-22/h3-6,13-14H,7-12H2,1-2H3,(H2,19,20,21). The predicted octanol–water partition coefficient (Wildman–Crippen LogP) is 1.67. The molecular formula is C17H26BrN5. The minimum absolute atomic E-state index is 0.198. The first-order valence-corrected chi connectivity index (χ1v) is 9.14. The number of nitrogens with one attached hydrogen (secondary N) is 2. The third kappa shape index (κ3) is 4.05. The zero-order chi connectivity index (χ0) is 16.2. The Morgan fingerprint density at radius 2 is 2.04 bits per heavy atom. The minimum atomic E-state index is 0.198. The summed E-state index contributed by atoms with van der Waals surface area (Å²) in [6.07, 6.45) is 0. The average molecular weight is 380 g/mol. The normalized spacial score (nSPS) is 28.5. The van der Waals surface area contributed by atoms with Gasteiger partial charge in [-0.1, -0.05) is 34.1 Å². The highest BCUT2D eigenvalue weighted by Gasteiger charge is 2.31. The lowest BCUT2D eigenvalue weighted by molar-refractivity contribution is 0.0154. The lowest BCUT2D eigenvalue weighted by Crippen LogP contribution is -2.63. The SMILES string of the molecule is CN=C(NCC1CN2CCN1CC2)NC(C)c1ccccc1Br. The van der Waals surface area contributed by atoms with E-state index >= 15 is 0 Å². The largest absolute Gasteiger partial charge is 0.355 e. The molecule has 0 aliphatic carbocycles. The van der Waals surface area contributed by atoms with Crippen molar-refractivity contribution in [3.05, 3.63) is 34.3 Å². The van der Waals surface area contributed by atoms with Crippen LogP contribution < -0.4 is 10.6 Å². The molecule has 2 atom stereocenters. The number of rotatable bonds is 4. The van der Waals surface area contributed by atoms with Crippen LogP contribution in [0.2, 0.25) is 0 Å². The Kier molecular flexibility index (Phi) is 5.56. The second kappa shape index (κ2) is 7.64. The molecule has 0 saturated carbocycles. The Bertz CT molecular complexity index is 554. The summed E-state index contributed by atoms with van der Waals surface area (Å²) < 4.78 is 1.12. The van der Waals surface area contributed by atoms with Crippen LogP contribution in [0.5, 0.6) is 0 Å². The van der Waals surface area contributed by atoms with Gasteiger partial charge in [-0.2, -0.15) is 0 Å². The maximum Gasteiger partial charge on any atom is 0.191 e. The molecule has 3 aliphatic rings. The van der Waals surface area contributed by atoms with Crippen LogP contribution >= 0.6 is 15.9 Å². The van der Waals surface area contributed by atoms with Gasteiger partial charge in [0.2, 0.25) is 0 Å². The molecule has 4 rings (SSSR count). The maximum absolute atomic E-state index is 4.38. The van der Waals surface area contributed by atoms with Gasteiger partial charge in [-0.3, -0.25) is 14.8 Å². The van der Waals surface area contributed by atoms with Crippen molar-refractivity contribution in [1.82, 2.24) is 20.4 Å². The van der Waals surface area contributed by atoms with Gasteiger partial charge in [0.1, 0.15) is 0 Å². The highest BCUT2D eigenvalue weighted by atomic mass is 79.9. The summed E-state index contributed by atoms with van der Waals surface area (Å²) in [5.41, 5.74) is 1.24. The molecule has 5 nitrogen and oxygen atoms in total. The Morgan fingerprint density at radius 3 is 2.65 bits per heavy atom. The van der Waals surface area contributed by atoms with E-state index in [1.807, 2.05) is 13.1 Å². The lowest BCUT2D eigenvalue weighted by Gasteiger charge is -2.47. The number of aliphatic imine (C=N–C) groups is 1. The van der Waals surface area contributed by atoms with Crippen molar-refractivity contribution in [2.75, 3.05) is 46.3 Å². The Hall–Kier alpha value is -1.11. The van der Waals surface area contributed by atoms with Crippen LogP contribution in [0.4, 0.5) is 0 Å². The van der Waals surface area contributed by atoms with Gasteiger partial charge in [-0.05, 0) is 18.6 Å². The molecule has 1 aromatic carbocycles. The van der Waals surface area contributed by atoms with E-state index in [1.54, 1.807) is 0 Å². The molecule has 1 aromatic rings. The van der Waals surface area contributed by atoms with E-state index in [4.69, 9.17) is 0 Å². The number of hydrogen-bond acceptors (Lipinski definition) is 3. The van der Waals surface area contributed by atoms with Gasteiger partial charge in [0, 0.05) is 56.8 Å². The van der Waals surface area contributed by atoms with Gasteiger partial charge >= 0.3 is 0 Å². The Balaban J connectivity index is 1.53. The van der Waals surface area contributed by atoms with Crippen molar-refractivity contribution in [3.8, 4) is 0 Å². The van der Waals surface area contributed by atoms with E-state index in [9.17, 15) is 0 Å². The number of fused-ring (bicyclic) bond motifs is 3. The number of piperazine rings is 3. The molecule has 2 unspecified atom stereocenters. The smallest absolute Gasteiger partial charge is 0.191 e. The zero-order valence-electron chi connectivity index (χ0n) is 13.9. The Morgan fingerprint density at radius 1 is 1.30 bits per heavy atom. The summed E-state index contributed by atoms with van der Waals surface area (Å²) >= 11 is 3.62. The van der Waals surface area contributed by atoms with Crippen molar-refractivity contribution in [3.63, 3.8) is 0 Å². The van der Waals surface area contributed by atoms with Gasteiger partial charge in [0.25, 0.3) is 0 Å². The molecule has 23 heavy (non-hydrogen) atoms. The molecule has 0 radical (unpaired) electrons. The number of benzene rings is 1. The zero-order valence-corrected chi connectivity index (χ0v) is 15.5. The van der Waals surface area contributed by atoms with E-state index in [0.717, 1.165) is 17.0 Å². The fourth-order valence-electron chi connectivity index (χ4n) is 3.44. The number of hydrogen-bond donors (Lipinski definition) is 2. The monoisotopic (exact) mass is 379 g/mol. The molecule has 0 spiro atoms. The van der Waals surface area contributed by atoms with Gasteiger partial charge < -0.3 is 10.6 Å². The Labute approximate surface area is 147 Å². The van der Waals surface area contributed by atoms with Crippen LogP contribution in [0.3, 0.4) is 0 Å². The first-order valence-electron chi connectivity index (χ1n) is 8.35. The second-order valence-corrected chi connectivity index (χ2v) is 7.19. The summed E-state index contributed by atoms with van der Waals surface area (Å²) in [4.78, 5) is 9.53. The fraction of sp³-hybridized carbons (Fsp3) is 0.588. The van der Waals surface area contributed by atoms with Crippen molar-refractivity contribution < 1.29 is 0 Å². The molecule has 0 aromatic heterocycles. The average Bonchev–Trinajstić information content (AvgIpc) is 2.59. The van der Waals surface area contributed by atoms with Crippen molar-refractivity contribution >= 4 is 21.9 Å². The first kappa shape index (κ1) is 16.7. The van der Waals surface area contributed by atoms with Crippen molar-refractivity contribution in [2.45, 2.75) is 19.0 Å². The van der Waals surface area contributed by atoms with Gasteiger partial charge in [0.05, 0.1) is 6.04 Å². The predicted molar refractivity (Wildman–Crippen MR) is 98.9 cm³/mol. The third-order valence-electron chi connectivity index (χ3n) is 4.85. The van der Waals surface area contributed by atoms with Crippen LogP contribution in [0.15, 0.2) is 33.7 Å². The number of guanidine groups is 1. The molecule has 3 heterocycles. The number of halogens is 1.